The molecule has 8 nitrogen and oxygen atoms in total. The van der Waals surface area contributed by atoms with Crippen molar-refractivity contribution < 1.29 is 4.79 Å². The van der Waals surface area contributed by atoms with E-state index in [0.717, 1.165) is 49.3 Å². The van der Waals surface area contributed by atoms with E-state index in [2.05, 4.69) is 26.6 Å². The maximum atomic E-state index is 12.0. The fourth-order valence-electron chi connectivity index (χ4n) is 3.79. The van der Waals surface area contributed by atoms with Gasteiger partial charge in [0.05, 0.1) is 23.9 Å². The van der Waals surface area contributed by atoms with Gasteiger partial charge in [-0.05, 0) is 43.4 Å². The molecule has 0 unspecified atom stereocenters. The summed E-state index contributed by atoms with van der Waals surface area (Å²) < 4.78 is 0. The highest BCUT2D eigenvalue weighted by atomic mass is 16.2. The molecule has 1 aromatic heterocycles. The Morgan fingerprint density at radius 2 is 2.03 bits per heavy atom. The number of urea groups is 1. The first kappa shape index (κ1) is 20.0. The molecule has 2 amide bonds. The molecule has 2 aromatic rings. The van der Waals surface area contributed by atoms with Crippen LogP contribution in [-0.2, 0) is 5.41 Å². The van der Waals surface area contributed by atoms with Gasteiger partial charge in [0, 0.05) is 38.9 Å². The molecule has 1 saturated carbocycles. The minimum Gasteiger partial charge on any atom is -0.353 e. The van der Waals surface area contributed by atoms with Crippen molar-refractivity contribution in [3.63, 3.8) is 0 Å². The summed E-state index contributed by atoms with van der Waals surface area (Å²) in [7, 11) is 3.49. The Labute approximate surface area is 176 Å². The average Bonchev–Trinajstić information content (AvgIpc) is 3.56. The molecule has 0 spiro atoms. The van der Waals surface area contributed by atoms with Gasteiger partial charge in [0.25, 0.3) is 0 Å². The number of aromatic nitrogens is 2. The minimum absolute atomic E-state index is 0.0730. The van der Waals surface area contributed by atoms with Crippen LogP contribution in [0.25, 0.3) is 0 Å². The smallest absolute Gasteiger partial charge is 0.317 e. The lowest BCUT2D eigenvalue weighted by atomic mass is 9.98. The molecule has 2 aliphatic rings. The van der Waals surface area contributed by atoms with E-state index in [9.17, 15) is 10.1 Å². The number of rotatable bonds is 5. The zero-order valence-electron chi connectivity index (χ0n) is 17.4. The summed E-state index contributed by atoms with van der Waals surface area (Å²) in [5.74, 6) is 1.46. The van der Waals surface area contributed by atoms with E-state index in [4.69, 9.17) is 4.98 Å². The second-order valence-electron chi connectivity index (χ2n) is 8.29. The highest BCUT2D eigenvalue weighted by Gasteiger charge is 2.44. The van der Waals surface area contributed by atoms with Crippen LogP contribution in [0.4, 0.5) is 22.1 Å². The predicted molar refractivity (Wildman–Crippen MR) is 116 cm³/mol. The van der Waals surface area contributed by atoms with Gasteiger partial charge >= 0.3 is 6.03 Å². The van der Waals surface area contributed by atoms with Crippen LogP contribution in [-0.4, -0.2) is 54.1 Å². The summed E-state index contributed by atoms with van der Waals surface area (Å²) in [6, 6.07) is 10.4. The third-order valence-corrected chi connectivity index (χ3v) is 5.77. The van der Waals surface area contributed by atoms with E-state index in [0.29, 0.717) is 12.4 Å². The molecule has 2 fully saturated rings. The van der Waals surface area contributed by atoms with E-state index in [1.807, 2.05) is 24.3 Å². The Hall–Kier alpha value is -3.34. The number of carbonyl (C=O) groups is 1. The fraction of sp³-hybridized carbons (Fsp3) is 0.455. The summed E-state index contributed by atoms with van der Waals surface area (Å²) in [5.41, 5.74) is 1.72. The zero-order valence-corrected chi connectivity index (χ0v) is 17.4. The van der Waals surface area contributed by atoms with Crippen LogP contribution in [0.2, 0.25) is 0 Å². The number of carbonyl (C=O) groups excluding carboxylic acids is 1. The predicted octanol–water partition coefficient (Wildman–Crippen LogP) is 3.02. The molecule has 30 heavy (non-hydrogen) atoms. The Morgan fingerprint density at radius 3 is 2.70 bits per heavy atom. The van der Waals surface area contributed by atoms with Crippen LogP contribution in [0.3, 0.4) is 0 Å². The number of piperidine rings is 1. The van der Waals surface area contributed by atoms with Gasteiger partial charge in [0.15, 0.2) is 5.82 Å². The highest BCUT2D eigenvalue weighted by molar-refractivity contribution is 5.74. The van der Waals surface area contributed by atoms with E-state index >= 15 is 0 Å². The summed E-state index contributed by atoms with van der Waals surface area (Å²) in [4.78, 5) is 24.7. The largest absolute Gasteiger partial charge is 0.353 e. The van der Waals surface area contributed by atoms with Crippen LogP contribution in [0.5, 0.6) is 0 Å². The lowest BCUT2D eigenvalue weighted by molar-refractivity contribution is 0.211. The van der Waals surface area contributed by atoms with Gasteiger partial charge in [0.2, 0.25) is 0 Å². The summed E-state index contributed by atoms with van der Waals surface area (Å²) >= 11 is 0. The monoisotopic (exact) mass is 405 g/mol. The van der Waals surface area contributed by atoms with Crippen molar-refractivity contribution in [3.8, 4) is 6.07 Å². The number of nitriles is 1. The lowest BCUT2D eigenvalue weighted by Crippen LogP contribution is -2.50. The summed E-state index contributed by atoms with van der Waals surface area (Å²) in [6.45, 7) is 1.60. The summed E-state index contributed by atoms with van der Waals surface area (Å²) in [5, 5.41) is 15.7. The first-order valence-electron chi connectivity index (χ1n) is 10.3. The zero-order chi connectivity index (χ0) is 21.1. The van der Waals surface area contributed by atoms with E-state index < -0.39 is 0 Å². The fourth-order valence-corrected chi connectivity index (χ4v) is 3.79. The number of anilines is 3. The van der Waals surface area contributed by atoms with E-state index in [1.165, 1.54) is 0 Å². The topological polar surface area (TPSA) is 97.2 Å². The number of benzene rings is 1. The summed E-state index contributed by atoms with van der Waals surface area (Å²) in [6.07, 6.45) is 7.28. The molecule has 1 aliphatic heterocycles. The van der Waals surface area contributed by atoms with E-state index in [1.54, 1.807) is 31.4 Å². The lowest BCUT2D eigenvalue weighted by Gasteiger charge is -2.34. The number of amides is 2. The van der Waals surface area contributed by atoms with Crippen molar-refractivity contribution in [1.29, 1.82) is 5.26 Å². The van der Waals surface area contributed by atoms with Gasteiger partial charge in [-0.15, -0.1) is 0 Å². The number of nitrogens with zero attached hydrogens (tertiary/aromatic N) is 5. The van der Waals surface area contributed by atoms with Gasteiger partial charge in [-0.3, -0.25) is 4.98 Å². The normalized spacial score (nSPS) is 19.5. The Kier molecular flexibility index (Phi) is 5.44. The molecule has 4 rings (SSSR count). The van der Waals surface area contributed by atoms with Crippen LogP contribution >= 0.6 is 0 Å². The number of hydrogen-bond acceptors (Lipinski definition) is 6. The van der Waals surface area contributed by atoms with Gasteiger partial charge in [-0.2, -0.15) is 5.26 Å². The SMILES string of the molecule is CN(C)C(=O)N[C@@H]1CCCN(c2cncc(Nc3ccc(C4(C#N)CC4)cc3)n2)C1. The first-order chi connectivity index (χ1) is 14.5. The molecule has 2 N–H and O–H groups in total. The molecule has 1 aliphatic carbocycles. The molecule has 1 atom stereocenters. The number of nitrogens with one attached hydrogen (secondary N) is 2. The maximum absolute atomic E-state index is 12.0. The van der Waals surface area contributed by atoms with Crippen LogP contribution in [0.15, 0.2) is 36.7 Å². The van der Waals surface area contributed by atoms with Crippen molar-refractivity contribution >= 4 is 23.4 Å². The average molecular weight is 406 g/mol. The van der Waals surface area contributed by atoms with Crippen molar-refractivity contribution in [2.24, 2.45) is 0 Å². The van der Waals surface area contributed by atoms with Gasteiger partial charge in [-0.1, -0.05) is 12.1 Å². The van der Waals surface area contributed by atoms with Crippen molar-refractivity contribution in [2.75, 3.05) is 37.4 Å². The molecule has 1 saturated heterocycles. The molecule has 1 aromatic carbocycles. The van der Waals surface area contributed by atoms with Crippen LogP contribution in [0, 0.1) is 11.3 Å². The molecule has 2 heterocycles. The minimum atomic E-state index is -0.273. The third-order valence-electron chi connectivity index (χ3n) is 5.77. The standard InChI is InChI=1S/C22H27N7O/c1-28(2)21(30)26-18-4-3-11-29(14-18)20-13-24-12-19(27-20)25-17-7-5-16(6-8-17)22(15-23)9-10-22/h5-8,12-13,18H,3-4,9-11,14H2,1-2H3,(H,25,27)(H,26,30)/t18-/m1/s1. The van der Waals surface area contributed by atoms with E-state index in [-0.39, 0.29) is 17.5 Å². The Bertz CT molecular complexity index is 947. The van der Waals surface area contributed by atoms with Gasteiger partial charge in [-0.25, -0.2) is 9.78 Å². The molecular weight excluding hydrogens is 378 g/mol. The second kappa shape index (κ2) is 8.19. The van der Waals surface area contributed by atoms with Crippen molar-refractivity contribution in [2.45, 2.75) is 37.1 Å². The van der Waals surface area contributed by atoms with Crippen LogP contribution in [0.1, 0.15) is 31.2 Å². The maximum Gasteiger partial charge on any atom is 0.317 e. The third kappa shape index (κ3) is 4.30. The highest BCUT2D eigenvalue weighted by Crippen LogP contribution is 2.47. The molecule has 8 heteroatoms. The molecule has 0 radical (unpaired) electrons. The Morgan fingerprint density at radius 1 is 1.27 bits per heavy atom. The van der Waals surface area contributed by atoms with Gasteiger partial charge in [0.1, 0.15) is 5.82 Å². The first-order valence-corrected chi connectivity index (χ1v) is 10.3. The quantitative estimate of drug-likeness (QED) is 0.794. The van der Waals surface area contributed by atoms with Gasteiger partial charge < -0.3 is 20.4 Å². The Balaban J connectivity index is 1.41. The molecule has 156 valence electrons. The number of hydrogen-bond donors (Lipinski definition) is 2. The second-order valence-corrected chi connectivity index (χ2v) is 8.29. The molecular formula is C22H27N7O. The van der Waals surface area contributed by atoms with Crippen molar-refractivity contribution in [1.82, 2.24) is 20.2 Å². The molecule has 0 bridgehead atoms. The van der Waals surface area contributed by atoms with Crippen molar-refractivity contribution in [3.05, 3.63) is 42.2 Å². The van der Waals surface area contributed by atoms with Crippen LogP contribution < -0.4 is 15.5 Å².